The highest BCUT2D eigenvalue weighted by Crippen LogP contribution is 1.92. The van der Waals surface area contributed by atoms with Gasteiger partial charge in [-0.25, -0.2) is 0 Å². The lowest BCUT2D eigenvalue weighted by Gasteiger charge is -2.08. The van der Waals surface area contributed by atoms with Crippen LogP contribution in [0.4, 0.5) is 0 Å². The summed E-state index contributed by atoms with van der Waals surface area (Å²) in [5, 5.41) is 12.5. The molecule has 4 N–H and O–H groups in total. The molecule has 2 amide bonds. The number of nitrogens with two attached hydrogens (primary N) is 1. The minimum atomic E-state index is -0.433. The van der Waals surface area contributed by atoms with Gasteiger partial charge < -0.3 is 16.4 Å². The largest absolute Gasteiger partial charge is 0.352 e. The quantitative estimate of drug-likeness (QED) is 0.571. The monoisotopic (exact) mass is 254 g/mol. The van der Waals surface area contributed by atoms with Crippen molar-refractivity contribution in [2.24, 2.45) is 5.73 Å². The van der Waals surface area contributed by atoms with Gasteiger partial charge in [0.05, 0.1) is 19.3 Å². The summed E-state index contributed by atoms with van der Waals surface area (Å²) in [5.41, 5.74) is 5.52. The lowest BCUT2D eigenvalue weighted by atomic mass is 10.4. The van der Waals surface area contributed by atoms with E-state index in [1.54, 1.807) is 0 Å². The first-order valence-corrected chi connectivity index (χ1v) is 5.70. The molecule has 8 heteroatoms. The summed E-state index contributed by atoms with van der Waals surface area (Å²) in [6, 6.07) is 0.0415. The maximum Gasteiger partial charge on any atom is 0.273 e. The summed E-state index contributed by atoms with van der Waals surface area (Å²) in [6.45, 7) is 4.52. The molecule has 0 radical (unpaired) electrons. The number of carbonyl (C=O) groups is 2. The fourth-order valence-corrected chi connectivity index (χ4v) is 1.27. The van der Waals surface area contributed by atoms with Crippen LogP contribution in [0.15, 0.2) is 6.20 Å². The molecule has 8 nitrogen and oxygen atoms in total. The van der Waals surface area contributed by atoms with Crippen LogP contribution in [0.1, 0.15) is 24.3 Å². The van der Waals surface area contributed by atoms with Crippen LogP contribution in [0.3, 0.4) is 0 Å². The van der Waals surface area contributed by atoms with E-state index in [1.165, 1.54) is 10.9 Å². The van der Waals surface area contributed by atoms with E-state index in [-0.39, 0.29) is 24.2 Å². The van der Waals surface area contributed by atoms with Gasteiger partial charge >= 0.3 is 0 Å². The summed E-state index contributed by atoms with van der Waals surface area (Å²) in [4.78, 5) is 22.9. The van der Waals surface area contributed by atoms with Crippen molar-refractivity contribution in [3.8, 4) is 0 Å². The van der Waals surface area contributed by atoms with Gasteiger partial charge in [-0.1, -0.05) is 5.21 Å². The zero-order valence-electron chi connectivity index (χ0n) is 10.5. The standard InChI is InChI=1S/C10H18N6O2/c1-7(2)13-9(17)5-12-10(18)8-6-16(4-3-11)15-14-8/h6-7H,3-5,11H2,1-2H3,(H,12,18)(H,13,17). The van der Waals surface area contributed by atoms with Crippen molar-refractivity contribution in [2.45, 2.75) is 26.4 Å². The van der Waals surface area contributed by atoms with Crippen LogP contribution in [0, 0.1) is 0 Å². The van der Waals surface area contributed by atoms with Gasteiger partial charge in [0, 0.05) is 12.6 Å². The molecule has 100 valence electrons. The van der Waals surface area contributed by atoms with Crippen LogP contribution < -0.4 is 16.4 Å². The van der Waals surface area contributed by atoms with Crippen LogP contribution in [0.5, 0.6) is 0 Å². The van der Waals surface area contributed by atoms with Gasteiger partial charge in [0.2, 0.25) is 5.91 Å². The van der Waals surface area contributed by atoms with E-state index in [1.807, 2.05) is 13.8 Å². The topological polar surface area (TPSA) is 115 Å². The van der Waals surface area contributed by atoms with Gasteiger partial charge in [0.1, 0.15) is 0 Å². The molecule has 18 heavy (non-hydrogen) atoms. The Bertz CT molecular complexity index is 414. The summed E-state index contributed by atoms with van der Waals surface area (Å²) >= 11 is 0. The van der Waals surface area contributed by atoms with Gasteiger partial charge in [-0.05, 0) is 13.8 Å². The lowest BCUT2D eigenvalue weighted by molar-refractivity contribution is -0.120. The highest BCUT2D eigenvalue weighted by molar-refractivity contribution is 5.94. The Hall–Kier alpha value is -1.96. The molecule has 0 saturated heterocycles. The average molecular weight is 254 g/mol. The second kappa shape index (κ2) is 6.70. The number of carbonyl (C=O) groups excluding carboxylic acids is 2. The number of amides is 2. The number of hydrogen-bond donors (Lipinski definition) is 3. The van der Waals surface area contributed by atoms with Crippen molar-refractivity contribution in [2.75, 3.05) is 13.1 Å². The van der Waals surface area contributed by atoms with Gasteiger partial charge in [-0.3, -0.25) is 14.3 Å². The summed E-state index contributed by atoms with van der Waals surface area (Å²) in [7, 11) is 0. The number of rotatable bonds is 6. The third-order valence-corrected chi connectivity index (χ3v) is 1.99. The Morgan fingerprint density at radius 3 is 2.83 bits per heavy atom. The van der Waals surface area contributed by atoms with Crippen molar-refractivity contribution in [3.05, 3.63) is 11.9 Å². The lowest BCUT2D eigenvalue weighted by Crippen LogP contribution is -2.39. The summed E-state index contributed by atoms with van der Waals surface area (Å²) in [6.07, 6.45) is 1.49. The van der Waals surface area contributed by atoms with E-state index in [0.717, 1.165) is 0 Å². The molecule has 0 saturated carbocycles. The van der Waals surface area contributed by atoms with E-state index in [9.17, 15) is 9.59 Å². The molecule has 1 heterocycles. The molecule has 0 aliphatic carbocycles. The minimum Gasteiger partial charge on any atom is -0.352 e. The molecule has 1 aromatic rings. The Labute approximate surface area is 105 Å². The molecule has 0 spiro atoms. The fraction of sp³-hybridized carbons (Fsp3) is 0.600. The van der Waals surface area contributed by atoms with Gasteiger partial charge in [0.25, 0.3) is 5.91 Å². The smallest absolute Gasteiger partial charge is 0.273 e. The summed E-state index contributed by atoms with van der Waals surface area (Å²) in [5.74, 6) is -0.676. The number of nitrogens with zero attached hydrogens (tertiary/aromatic N) is 3. The second-order valence-electron chi connectivity index (χ2n) is 4.06. The number of hydrogen-bond acceptors (Lipinski definition) is 5. The van der Waals surface area contributed by atoms with Crippen molar-refractivity contribution in [3.63, 3.8) is 0 Å². The molecule has 0 fully saturated rings. The van der Waals surface area contributed by atoms with Gasteiger partial charge in [-0.15, -0.1) is 5.10 Å². The third kappa shape index (κ3) is 4.50. The molecule has 0 aliphatic heterocycles. The van der Waals surface area contributed by atoms with E-state index in [4.69, 9.17) is 5.73 Å². The Morgan fingerprint density at radius 1 is 1.50 bits per heavy atom. The first-order valence-electron chi connectivity index (χ1n) is 5.70. The predicted octanol–water partition coefficient (Wildman–Crippen LogP) is -1.51. The fourth-order valence-electron chi connectivity index (χ4n) is 1.27. The Balaban J connectivity index is 2.42. The molecule has 0 atom stereocenters. The van der Waals surface area contributed by atoms with E-state index in [2.05, 4.69) is 20.9 Å². The molecular formula is C10H18N6O2. The van der Waals surface area contributed by atoms with Crippen molar-refractivity contribution >= 4 is 11.8 Å². The maximum absolute atomic E-state index is 11.6. The molecule has 0 aromatic carbocycles. The minimum absolute atomic E-state index is 0.0415. The maximum atomic E-state index is 11.6. The number of aromatic nitrogens is 3. The van der Waals surface area contributed by atoms with Crippen molar-refractivity contribution < 1.29 is 9.59 Å². The van der Waals surface area contributed by atoms with E-state index in [0.29, 0.717) is 13.1 Å². The van der Waals surface area contributed by atoms with Crippen LogP contribution in [0.25, 0.3) is 0 Å². The van der Waals surface area contributed by atoms with Gasteiger partial charge in [-0.2, -0.15) is 0 Å². The van der Waals surface area contributed by atoms with Crippen LogP contribution in [-0.2, 0) is 11.3 Å². The van der Waals surface area contributed by atoms with E-state index >= 15 is 0 Å². The van der Waals surface area contributed by atoms with Crippen LogP contribution in [0.2, 0.25) is 0 Å². The normalized spacial score (nSPS) is 10.4. The highest BCUT2D eigenvalue weighted by Gasteiger charge is 2.12. The molecule has 1 rings (SSSR count). The highest BCUT2D eigenvalue weighted by atomic mass is 16.2. The summed E-state index contributed by atoms with van der Waals surface area (Å²) < 4.78 is 1.48. The average Bonchev–Trinajstić information content (AvgIpc) is 2.74. The molecular weight excluding hydrogens is 236 g/mol. The van der Waals surface area contributed by atoms with Crippen molar-refractivity contribution in [1.29, 1.82) is 0 Å². The molecule has 0 bridgehead atoms. The van der Waals surface area contributed by atoms with E-state index < -0.39 is 5.91 Å². The zero-order chi connectivity index (χ0) is 13.5. The first-order chi connectivity index (χ1) is 8.52. The predicted molar refractivity (Wildman–Crippen MR) is 64.7 cm³/mol. The Kier molecular flexibility index (Phi) is 5.25. The van der Waals surface area contributed by atoms with Crippen LogP contribution >= 0.6 is 0 Å². The first kappa shape index (κ1) is 14.1. The molecule has 0 unspecified atom stereocenters. The third-order valence-electron chi connectivity index (χ3n) is 1.99. The second-order valence-corrected chi connectivity index (χ2v) is 4.06. The molecule has 0 aliphatic rings. The Morgan fingerprint density at radius 2 is 2.22 bits per heavy atom. The van der Waals surface area contributed by atoms with Gasteiger partial charge in [0.15, 0.2) is 5.69 Å². The van der Waals surface area contributed by atoms with Crippen molar-refractivity contribution in [1.82, 2.24) is 25.6 Å². The molecule has 1 aromatic heterocycles. The SMILES string of the molecule is CC(C)NC(=O)CNC(=O)c1cn(CCN)nn1. The zero-order valence-corrected chi connectivity index (χ0v) is 10.5. The van der Waals surface area contributed by atoms with Crippen LogP contribution in [-0.4, -0.2) is 45.9 Å². The number of nitrogens with one attached hydrogen (secondary N) is 2.